The number of ether oxygens (including phenoxy) is 1. The molecular weight excluding hydrogens is 524 g/mol. The number of carbonyl (C=O) groups excluding carboxylic acids is 1. The summed E-state index contributed by atoms with van der Waals surface area (Å²) >= 11 is 0. The quantitative estimate of drug-likeness (QED) is 0.337. The second-order valence-corrected chi connectivity index (χ2v) is 8.07. The molecule has 1 fully saturated rings. The van der Waals surface area contributed by atoms with E-state index in [9.17, 15) is 18.0 Å². The lowest BCUT2D eigenvalue weighted by Gasteiger charge is -2.33. The van der Waals surface area contributed by atoms with Crippen molar-refractivity contribution in [1.82, 2.24) is 15.5 Å². The summed E-state index contributed by atoms with van der Waals surface area (Å²) in [6.45, 7) is 0.445. The minimum atomic E-state index is -4.19. The van der Waals surface area contributed by atoms with Crippen LogP contribution in [0.4, 0.5) is 13.2 Å². The van der Waals surface area contributed by atoms with E-state index < -0.39 is 12.1 Å². The lowest BCUT2D eigenvalue weighted by atomic mass is 9.85. The predicted molar refractivity (Wildman–Crippen MR) is 124 cm³/mol. The molecule has 2 N–H and O–H groups in total. The van der Waals surface area contributed by atoms with Gasteiger partial charge < -0.3 is 20.3 Å². The van der Waals surface area contributed by atoms with Gasteiger partial charge in [-0.1, -0.05) is 24.6 Å². The molecule has 3 unspecified atom stereocenters. The molecular formula is C21H30F3IN4O2. The molecule has 2 aliphatic rings. The van der Waals surface area contributed by atoms with Crippen molar-refractivity contribution in [3.05, 3.63) is 29.8 Å². The summed E-state index contributed by atoms with van der Waals surface area (Å²) < 4.78 is 45.3. The fourth-order valence-corrected chi connectivity index (χ4v) is 3.89. The highest BCUT2D eigenvalue weighted by molar-refractivity contribution is 14.0. The maximum atomic E-state index is 13.2. The highest BCUT2D eigenvalue weighted by atomic mass is 127. The second kappa shape index (κ2) is 11.2. The molecule has 174 valence electrons. The van der Waals surface area contributed by atoms with Crippen molar-refractivity contribution in [3.63, 3.8) is 0 Å². The summed E-state index contributed by atoms with van der Waals surface area (Å²) in [6.07, 6.45) is -2.18. The first-order chi connectivity index (χ1) is 14.2. The van der Waals surface area contributed by atoms with Gasteiger partial charge in [0.15, 0.2) is 5.96 Å². The fourth-order valence-electron chi connectivity index (χ4n) is 3.89. The van der Waals surface area contributed by atoms with Crippen molar-refractivity contribution in [2.24, 2.45) is 10.9 Å². The average Bonchev–Trinajstić information content (AvgIpc) is 2.71. The lowest BCUT2D eigenvalue weighted by Crippen LogP contribution is -2.48. The Hall–Kier alpha value is -1.72. The van der Waals surface area contributed by atoms with Gasteiger partial charge in [-0.15, -0.1) is 24.0 Å². The topological polar surface area (TPSA) is 66.0 Å². The third kappa shape index (κ3) is 7.15. The summed E-state index contributed by atoms with van der Waals surface area (Å²) in [4.78, 5) is 17.8. The summed E-state index contributed by atoms with van der Waals surface area (Å²) in [5, 5.41) is 6.47. The number of nitrogens with zero attached hydrogens (tertiary/aromatic N) is 2. The summed E-state index contributed by atoms with van der Waals surface area (Å²) in [5.41, 5.74) is 0.967. The van der Waals surface area contributed by atoms with Crippen LogP contribution in [0.15, 0.2) is 29.3 Å². The molecule has 0 radical (unpaired) electrons. The monoisotopic (exact) mass is 554 g/mol. The van der Waals surface area contributed by atoms with Gasteiger partial charge in [0.05, 0.1) is 18.6 Å². The minimum absolute atomic E-state index is 0. The Balaban J connectivity index is 0.00000341. The van der Waals surface area contributed by atoms with Gasteiger partial charge in [-0.3, -0.25) is 4.79 Å². The number of fused-ring (bicyclic) bond motifs is 1. The van der Waals surface area contributed by atoms with Crippen LogP contribution in [-0.4, -0.2) is 56.2 Å². The Morgan fingerprint density at radius 3 is 2.65 bits per heavy atom. The number of nitrogens with one attached hydrogen (secondary N) is 2. The van der Waals surface area contributed by atoms with E-state index in [-0.39, 0.29) is 61.4 Å². The number of benzene rings is 1. The molecule has 1 aliphatic carbocycles. The number of alkyl halides is 3. The third-order valence-electron chi connectivity index (χ3n) is 5.62. The van der Waals surface area contributed by atoms with E-state index in [0.717, 1.165) is 11.3 Å². The number of rotatable bonds is 4. The number of likely N-dealkylation sites (N-methyl/N-ethyl adjacent to an activating group) is 1. The van der Waals surface area contributed by atoms with Gasteiger partial charge in [0.25, 0.3) is 0 Å². The van der Waals surface area contributed by atoms with Gasteiger partial charge >= 0.3 is 6.18 Å². The molecule has 1 amide bonds. The van der Waals surface area contributed by atoms with Crippen LogP contribution in [0.1, 0.15) is 43.7 Å². The van der Waals surface area contributed by atoms with Crippen LogP contribution in [0, 0.1) is 5.92 Å². The van der Waals surface area contributed by atoms with Gasteiger partial charge in [-0.05, 0) is 25.3 Å². The molecule has 0 saturated heterocycles. The Morgan fingerprint density at radius 2 is 1.94 bits per heavy atom. The zero-order valence-corrected chi connectivity index (χ0v) is 20.1. The van der Waals surface area contributed by atoms with E-state index in [1.165, 1.54) is 4.90 Å². The van der Waals surface area contributed by atoms with Crippen molar-refractivity contribution in [2.75, 3.05) is 27.2 Å². The van der Waals surface area contributed by atoms with Crippen molar-refractivity contribution in [2.45, 2.75) is 50.4 Å². The molecule has 1 heterocycles. The summed E-state index contributed by atoms with van der Waals surface area (Å²) in [7, 11) is 3.28. The predicted octanol–water partition coefficient (Wildman–Crippen LogP) is 3.87. The Kier molecular flexibility index (Phi) is 9.26. The third-order valence-corrected chi connectivity index (χ3v) is 5.62. The van der Waals surface area contributed by atoms with E-state index in [4.69, 9.17) is 4.74 Å². The van der Waals surface area contributed by atoms with Gasteiger partial charge in [0.1, 0.15) is 12.3 Å². The maximum absolute atomic E-state index is 13.2. The van der Waals surface area contributed by atoms with E-state index in [1.54, 1.807) is 14.1 Å². The van der Waals surface area contributed by atoms with Crippen LogP contribution in [0.3, 0.4) is 0 Å². The average molecular weight is 554 g/mol. The Labute approximate surface area is 198 Å². The first-order valence-corrected chi connectivity index (χ1v) is 10.3. The Bertz CT molecular complexity index is 773. The van der Waals surface area contributed by atoms with Crippen molar-refractivity contribution < 1.29 is 22.7 Å². The number of guanidine groups is 1. The van der Waals surface area contributed by atoms with Crippen LogP contribution >= 0.6 is 24.0 Å². The molecule has 0 spiro atoms. The van der Waals surface area contributed by atoms with Crippen LogP contribution in [-0.2, 0) is 4.79 Å². The normalized spacial score (nSPS) is 23.6. The van der Waals surface area contributed by atoms with Crippen LogP contribution in [0.25, 0.3) is 0 Å². The molecule has 3 atom stereocenters. The van der Waals surface area contributed by atoms with Gasteiger partial charge in [-0.25, -0.2) is 4.99 Å². The molecule has 10 heteroatoms. The summed E-state index contributed by atoms with van der Waals surface area (Å²) in [5.74, 6) is -0.350. The first kappa shape index (κ1) is 25.5. The van der Waals surface area contributed by atoms with Gasteiger partial charge in [0.2, 0.25) is 5.91 Å². The number of amides is 1. The van der Waals surface area contributed by atoms with Crippen LogP contribution < -0.4 is 15.4 Å². The van der Waals surface area contributed by atoms with Gasteiger partial charge in [-0.2, -0.15) is 13.2 Å². The number of carbonyl (C=O) groups is 1. The SMILES string of the molecule is CN(C)C(=O)CN=C(NC1CCCC(C(F)(F)F)C1)NC1CCOc2ccccc21.I. The van der Waals surface area contributed by atoms with E-state index in [1.807, 2.05) is 24.3 Å². The Morgan fingerprint density at radius 1 is 1.19 bits per heavy atom. The fraction of sp³-hybridized carbons (Fsp3) is 0.619. The van der Waals surface area contributed by atoms with E-state index in [2.05, 4.69) is 15.6 Å². The number of halogens is 4. The molecule has 1 aromatic carbocycles. The number of aliphatic imine (C=N–C) groups is 1. The van der Waals surface area contributed by atoms with Crippen molar-refractivity contribution >= 4 is 35.8 Å². The molecule has 3 rings (SSSR count). The molecule has 0 aromatic heterocycles. The largest absolute Gasteiger partial charge is 0.493 e. The number of para-hydroxylation sites is 1. The minimum Gasteiger partial charge on any atom is -0.493 e. The highest BCUT2D eigenvalue weighted by Gasteiger charge is 2.42. The number of hydrogen-bond acceptors (Lipinski definition) is 3. The zero-order valence-electron chi connectivity index (χ0n) is 17.7. The molecule has 1 aromatic rings. The smallest absolute Gasteiger partial charge is 0.391 e. The molecule has 1 saturated carbocycles. The molecule has 6 nitrogen and oxygen atoms in total. The van der Waals surface area contributed by atoms with E-state index >= 15 is 0 Å². The summed E-state index contributed by atoms with van der Waals surface area (Å²) in [6, 6.07) is 7.20. The lowest BCUT2D eigenvalue weighted by molar-refractivity contribution is -0.183. The molecule has 0 bridgehead atoms. The van der Waals surface area contributed by atoms with Crippen LogP contribution in [0.2, 0.25) is 0 Å². The standard InChI is InChI=1S/C21H29F3N4O2.HI/c1-28(2)19(29)13-25-20(26-15-7-5-6-14(12-15)21(22,23)24)27-17-10-11-30-18-9-4-3-8-16(17)18;/h3-4,8-9,14-15,17H,5-7,10-13H2,1-2H3,(H2,25,26,27);1H. The number of hydrogen-bond donors (Lipinski definition) is 2. The van der Waals surface area contributed by atoms with Crippen LogP contribution in [0.5, 0.6) is 5.75 Å². The molecule has 31 heavy (non-hydrogen) atoms. The second-order valence-electron chi connectivity index (χ2n) is 8.07. The van der Waals surface area contributed by atoms with Gasteiger partial charge in [0, 0.05) is 32.1 Å². The zero-order chi connectivity index (χ0) is 21.7. The first-order valence-electron chi connectivity index (χ1n) is 10.3. The van der Waals surface area contributed by atoms with E-state index in [0.29, 0.717) is 31.8 Å². The molecule has 1 aliphatic heterocycles. The van der Waals surface area contributed by atoms with Crippen molar-refractivity contribution in [1.29, 1.82) is 0 Å². The highest BCUT2D eigenvalue weighted by Crippen LogP contribution is 2.37. The maximum Gasteiger partial charge on any atom is 0.391 e. The van der Waals surface area contributed by atoms with Crippen molar-refractivity contribution in [3.8, 4) is 5.75 Å².